The maximum Gasteiger partial charge on any atom is 0.324 e. The highest BCUT2D eigenvalue weighted by molar-refractivity contribution is 5.74. The van der Waals surface area contributed by atoms with Crippen LogP contribution in [0.4, 0.5) is 0 Å². The number of carbonyl (C=O) groups is 2. The van der Waals surface area contributed by atoms with Gasteiger partial charge in [-0.2, -0.15) is 0 Å². The minimum Gasteiger partial charge on any atom is -0.480 e. The van der Waals surface area contributed by atoms with Crippen LogP contribution in [0.2, 0.25) is 0 Å². The standard InChI is InChI=1S/C6H11NO4/c1-2-5(8)11-3-4(7)6(9)10/h4H,2-3,7H2,1H3,(H,9,10)/t4-/m0/s1. The van der Waals surface area contributed by atoms with Crippen LogP contribution in [0.15, 0.2) is 0 Å². The van der Waals surface area contributed by atoms with Crippen molar-refractivity contribution < 1.29 is 19.4 Å². The number of carboxylic acids is 1. The van der Waals surface area contributed by atoms with Crippen molar-refractivity contribution in [1.82, 2.24) is 0 Å². The second kappa shape index (κ2) is 4.68. The normalized spacial score (nSPS) is 12.2. The first kappa shape index (κ1) is 9.90. The van der Waals surface area contributed by atoms with Gasteiger partial charge in [-0.3, -0.25) is 9.59 Å². The van der Waals surface area contributed by atoms with E-state index < -0.39 is 18.0 Å². The predicted octanol–water partition coefficient (Wildman–Crippen LogP) is -0.648. The van der Waals surface area contributed by atoms with Crippen molar-refractivity contribution in [2.75, 3.05) is 6.61 Å². The molecule has 0 aliphatic rings. The zero-order valence-corrected chi connectivity index (χ0v) is 6.24. The highest BCUT2D eigenvalue weighted by atomic mass is 16.5. The fourth-order valence-electron chi connectivity index (χ4n) is 0.356. The van der Waals surface area contributed by atoms with Gasteiger partial charge in [-0.15, -0.1) is 0 Å². The summed E-state index contributed by atoms with van der Waals surface area (Å²) in [6.07, 6.45) is 0.229. The summed E-state index contributed by atoms with van der Waals surface area (Å²) < 4.78 is 4.47. The number of ether oxygens (including phenoxy) is 1. The molecule has 5 nitrogen and oxygen atoms in total. The van der Waals surface area contributed by atoms with Crippen LogP contribution < -0.4 is 5.73 Å². The monoisotopic (exact) mass is 161 g/mol. The van der Waals surface area contributed by atoms with E-state index in [1.54, 1.807) is 6.92 Å². The van der Waals surface area contributed by atoms with Crippen molar-refractivity contribution in [2.45, 2.75) is 19.4 Å². The van der Waals surface area contributed by atoms with Gasteiger partial charge < -0.3 is 15.6 Å². The first-order chi connectivity index (χ1) is 5.07. The van der Waals surface area contributed by atoms with Gasteiger partial charge in [-0.05, 0) is 0 Å². The SMILES string of the molecule is CCC(=O)OC[C@H](N)C(=O)O. The number of carbonyl (C=O) groups excluding carboxylic acids is 1. The van der Waals surface area contributed by atoms with Gasteiger partial charge in [0.05, 0.1) is 0 Å². The van der Waals surface area contributed by atoms with Crippen molar-refractivity contribution in [1.29, 1.82) is 0 Å². The van der Waals surface area contributed by atoms with E-state index >= 15 is 0 Å². The fraction of sp³-hybridized carbons (Fsp3) is 0.667. The molecule has 0 unspecified atom stereocenters. The van der Waals surface area contributed by atoms with Crippen LogP contribution >= 0.6 is 0 Å². The van der Waals surface area contributed by atoms with Crippen molar-refractivity contribution >= 4 is 11.9 Å². The molecule has 0 amide bonds. The molecule has 0 aliphatic carbocycles. The van der Waals surface area contributed by atoms with E-state index in [1.807, 2.05) is 0 Å². The molecule has 0 aromatic heterocycles. The van der Waals surface area contributed by atoms with Crippen molar-refractivity contribution in [3.63, 3.8) is 0 Å². The molecule has 0 radical (unpaired) electrons. The number of nitrogens with two attached hydrogens (primary N) is 1. The molecule has 0 spiro atoms. The van der Waals surface area contributed by atoms with Gasteiger partial charge >= 0.3 is 11.9 Å². The van der Waals surface area contributed by atoms with Gasteiger partial charge in [0.2, 0.25) is 0 Å². The number of esters is 1. The van der Waals surface area contributed by atoms with Crippen LogP contribution in [0.5, 0.6) is 0 Å². The molecular weight excluding hydrogens is 150 g/mol. The summed E-state index contributed by atoms with van der Waals surface area (Å²) in [5.41, 5.74) is 5.04. The molecule has 11 heavy (non-hydrogen) atoms. The zero-order valence-electron chi connectivity index (χ0n) is 6.24. The van der Waals surface area contributed by atoms with Crippen molar-refractivity contribution in [3.05, 3.63) is 0 Å². The molecule has 0 aromatic rings. The lowest BCUT2D eigenvalue weighted by Gasteiger charge is -2.05. The van der Waals surface area contributed by atoms with E-state index in [2.05, 4.69) is 4.74 Å². The van der Waals surface area contributed by atoms with E-state index in [0.29, 0.717) is 0 Å². The second-order valence-electron chi connectivity index (χ2n) is 1.98. The number of hydrogen-bond acceptors (Lipinski definition) is 4. The summed E-state index contributed by atoms with van der Waals surface area (Å²) >= 11 is 0. The van der Waals surface area contributed by atoms with Crippen LogP contribution in [-0.4, -0.2) is 29.7 Å². The molecule has 0 saturated carbocycles. The molecule has 1 atom stereocenters. The zero-order chi connectivity index (χ0) is 8.85. The minimum absolute atomic E-state index is 0.229. The number of rotatable bonds is 4. The maximum absolute atomic E-state index is 10.5. The molecule has 0 heterocycles. The van der Waals surface area contributed by atoms with Gasteiger partial charge in [0.25, 0.3) is 0 Å². The Hall–Kier alpha value is -1.10. The van der Waals surface area contributed by atoms with Crippen LogP contribution in [0.25, 0.3) is 0 Å². The largest absolute Gasteiger partial charge is 0.480 e. The Balaban J connectivity index is 3.54. The molecular formula is C6H11NO4. The van der Waals surface area contributed by atoms with Crippen LogP contribution in [0.3, 0.4) is 0 Å². The fourth-order valence-corrected chi connectivity index (χ4v) is 0.356. The Morgan fingerprint density at radius 2 is 2.18 bits per heavy atom. The molecule has 0 rings (SSSR count). The van der Waals surface area contributed by atoms with E-state index in [9.17, 15) is 9.59 Å². The van der Waals surface area contributed by atoms with Gasteiger partial charge in [0, 0.05) is 6.42 Å². The molecule has 0 aromatic carbocycles. The summed E-state index contributed by atoms with van der Waals surface area (Å²) in [4.78, 5) is 20.6. The highest BCUT2D eigenvalue weighted by Gasteiger charge is 2.12. The third-order valence-corrected chi connectivity index (χ3v) is 1.03. The third kappa shape index (κ3) is 4.32. The van der Waals surface area contributed by atoms with Crippen LogP contribution in [0.1, 0.15) is 13.3 Å². The van der Waals surface area contributed by atoms with Gasteiger partial charge in [-0.1, -0.05) is 6.92 Å². The lowest BCUT2D eigenvalue weighted by molar-refractivity contribution is -0.147. The van der Waals surface area contributed by atoms with Crippen LogP contribution in [0, 0.1) is 0 Å². The molecule has 64 valence electrons. The molecule has 0 saturated heterocycles. The van der Waals surface area contributed by atoms with E-state index in [0.717, 1.165) is 0 Å². The Morgan fingerprint density at radius 1 is 1.64 bits per heavy atom. The lowest BCUT2D eigenvalue weighted by Crippen LogP contribution is -2.35. The quantitative estimate of drug-likeness (QED) is 0.535. The van der Waals surface area contributed by atoms with Crippen molar-refractivity contribution in [3.8, 4) is 0 Å². The minimum atomic E-state index is -1.17. The third-order valence-electron chi connectivity index (χ3n) is 1.03. The summed E-state index contributed by atoms with van der Waals surface area (Å²) in [5.74, 6) is -1.62. The summed E-state index contributed by atoms with van der Waals surface area (Å²) in [6, 6.07) is -1.12. The summed E-state index contributed by atoms with van der Waals surface area (Å²) in [5, 5.41) is 8.25. The van der Waals surface area contributed by atoms with E-state index in [1.165, 1.54) is 0 Å². The Morgan fingerprint density at radius 3 is 2.55 bits per heavy atom. The van der Waals surface area contributed by atoms with Gasteiger partial charge in [0.15, 0.2) is 0 Å². The number of aliphatic carboxylic acids is 1. The first-order valence-corrected chi connectivity index (χ1v) is 3.22. The Kier molecular flexibility index (Phi) is 4.21. The summed E-state index contributed by atoms with van der Waals surface area (Å²) in [7, 11) is 0. The molecule has 5 heteroatoms. The second-order valence-corrected chi connectivity index (χ2v) is 1.98. The maximum atomic E-state index is 10.5. The van der Waals surface area contributed by atoms with Gasteiger partial charge in [0.1, 0.15) is 12.6 Å². The van der Waals surface area contributed by atoms with E-state index in [4.69, 9.17) is 10.8 Å². The average molecular weight is 161 g/mol. The summed E-state index contributed by atoms with van der Waals surface area (Å²) in [6.45, 7) is 1.36. The average Bonchev–Trinajstić information content (AvgIpc) is 1.99. The molecule has 0 aliphatic heterocycles. The number of hydrogen-bond donors (Lipinski definition) is 2. The van der Waals surface area contributed by atoms with E-state index in [-0.39, 0.29) is 13.0 Å². The molecule has 0 bridgehead atoms. The predicted molar refractivity (Wildman–Crippen MR) is 36.9 cm³/mol. The van der Waals surface area contributed by atoms with Crippen molar-refractivity contribution in [2.24, 2.45) is 5.73 Å². The first-order valence-electron chi connectivity index (χ1n) is 3.22. The van der Waals surface area contributed by atoms with Gasteiger partial charge in [-0.25, -0.2) is 0 Å². The Labute approximate surface area is 64.1 Å². The smallest absolute Gasteiger partial charge is 0.324 e. The highest BCUT2D eigenvalue weighted by Crippen LogP contribution is 1.86. The number of carboxylic acid groups (broad SMARTS) is 1. The van der Waals surface area contributed by atoms with Crippen LogP contribution in [-0.2, 0) is 14.3 Å². The topological polar surface area (TPSA) is 89.6 Å². The Bertz CT molecular complexity index is 157. The lowest BCUT2D eigenvalue weighted by atomic mass is 10.3. The molecule has 3 N–H and O–H groups in total. The molecule has 0 fully saturated rings.